The Bertz CT molecular complexity index is 347. The molecule has 0 bridgehead atoms. The minimum Gasteiger partial charge on any atom is -0.359 e. The predicted octanol–water partition coefficient (Wildman–Crippen LogP) is 3.58. The fourth-order valence-corrected chi connectivity index (χ4v) is 2.48. The Balaban J connectivity index is 1.74. The van der Waals surface area contributed by atoms with Crippen molar-refractivity contribution in [1.82, 2.24) is 5.32 Å². The molecule has 0 aromatic heterocycles. The summed E-state index contributed by atoms with van der Waals surface area (Å²) in [5, 5.41) is 3.52. The fourth-order valence-electron chi connectivity index (χ4n) is 2.48. The largest absolute Gasteiger partial charge is 0.359 e. The molecular weight excluding hydrogens is 222 g/mol. The molecule has 1 fully saturated rings. The highest BCUT2D eigenvalue weighted by Crippen LogP contribution is 2.32. The van der Waals surface area contributed by atoms with Crippen LogP contribution in [0.5, 0.6) is 0 Å². The summed E-state index contributed by atoms with van der Waals surface area (Å²) in [6.45, 7) is 8.75. The van der Waals surface area contributed by atoms with Crippen LogP contribution in [0.4, 0.5) is 0 Å². The minimum absolute atomic E-state index is 0.226. The van der Waals surface area contributed by atoms with Gasteiger partial charge in [-0.15, -0.1) is 0 Å². The molecule has 1 aliphatic rings. The molecule has 0 amide bonds. The van der Waals surface area contributed by atoms with E-state index < -0.39 is 0 Å². The Morgan fingerprint density at radius 2 is 1.89 bits per heavy atom. The van der Waals surface area contributed by atoms with Gasteiger partial charge in [0.05, 0.1) is 6.61 Å². The first-order valence-electron chi connectivity index (χ1n) is 6.94. The van der Waals surface area contributed by atoms with Crippen LogP contribution in [0.1, 0.15) is 39.2 Å². The molecule has 1 aliphatic heterocycles. The van der Waals surface area contributed by atoms with Gasteiger partial charge in [-0.2, -0.15) is 0 Å². The van der Waals surface area contributed by atoms with E-state index in [-0.39, 0.29) is 6.23 Å². The average Bonchev–Trinajstić information content (AvgIpc) is 2.37. The maximum absolute atomic E-state index is 5.92. The number of benzene rings is 1. The van der Waals surface area contributed by atoms with Gasteiger partial charge in [-0.25, -0.2) is 0 Å². The summed E-state index contributed by atoms with van der Waals surface area (Å²) in [6, 6.07) is 10.4. The van der Waals surface area contributed by atoms with Crippen molar-refractivity contribution in [1.29, 1.82) is 0 Å². The van der Waals surface area contributed by atoms with Gasteiger partial charge >= 0.3 is 0 Å². The zero-order valence-electron chi connectivity index (χ0n) is 11.8. The van der Waals surface area contributed by atoms with Crippen LogP contribution in [0.2, 0.25) is 0 Å². The summed E-state index contributed by atoms with van der Waals surface area (Å²) < 4.78 is 5.92. The van der Waals surface area contributed by atoms with E-state index >= 15 is 0 Å². The maximum atomic E-state index is 5.92. The van der Waals surface area contributed by atoms with Crippen molar-refractivity contribution in [3.8, 4) is 0 Å². The van der Waals surface area contributed by atoms with E-state index in [0.717, 1.165) is 18.9 Å². The molecule has 0 saturated carbocycles. The molecule has 0 spiro atoms. The lowest BCUT2D eigenvalue weighted by Crippen LogP contribution is -2.44. The van der Waals surface area contributed by atoms with Crippen molar-refractivity contribution >= 4 is 0 Å². The molecule has 2 heteroatoms. The second-order valence-corrected chi connectivity index (χ2v) is 6.33. The van der Waals surface area contributed by atoms with Gasteiger partial charge in [-0.3, -0.25) is 5.32 Å². The Kier molecular flexibility index (Phi) is 4.41. The summed E-state index contributed by atoms with van der Waals surface area (Å²) >= 11 is 0. The van der Waals surface area contributed by atoms with Gasteiger partial charge in [0.25, 0.3) is 0 Å². The van der Waals surface area contributed by atoms with Crippen molar-refractivity contribution in [2.75, 3.05) is 6.54 Å². The minimum atomic E-state index is 0.226. The third-order valence-corrected chi connectivity index (χ3v) is 3.89. The van der Waals surface area contributed by atoms with E-state index in [1.807, 2.05) is 6.07 Å². The van der Waals surface area contributed by atoms with Gasteiger partial charge in [0.2, 0.25) is 0 Å². The first kappa shape index (κ1) is 13.6. The SMILES string of the molecule is CC(C)(C)C1CCC(OCc2ccccc2)NC1. The van der Waals surface area contributed by atoms with Gasteiger partial charge in [0.15, 0.2) is 0 Å². The lowest BCUT2D eigenvalue weighted by Gasteiger charge is -2.37. The Morgan fingerprint density at radius 3 is 2.44 bits per heavy atom. The number of rotatable bonds is 3. The zero-order chi connectivity index (χ0) is 13.0. The first-order chi connectivity index (χ1) is 8.55. The van der Waals surface area contributed by atoms with E-state index in [1.165, 1.54) is 12.0 Å². The highest BCUT2D eigenvalue weighted by atomic mass is 16.5. The van der Waals surface area contributed by atoms with Gasteiger partial charge < -0.3 is 4.74 Å². The van der Waals surface area contributed by atoms with Crippen molar-refractivity contribution in [3.63, 3.8) is 0 Å². The summed E-state index contributed by atoms with van der Waals surface area (Å²) in [5.74, 6) is 0.758. The van der Waals surface area contributed by atoms with Crippen molar-refractivity contribution < 1.29 is 4.74 Å². The third-order valence-electron chi connectivity index (χ3n) is 3.89. The molecule has 0 aliphatic carbocycles. The second kappa shape index (κ2) is 5.85. The van der Waals surface area contributed by atoms with Crippen LogP contribution in [-0.4, -0.2) is 12.8 Å². The van der Waals surface area contributed by atoms with E-state index in [2.05, 4.69) is 50.4 Å². The Hall–Kier alpha value is -0.860. The molecule has 1 N–H and O–H groups in total. The average molecular weight is 247 g/mol. The van der Waals surface area contributed by atoms with E-state index in [1.54, 1.807) is 0 Å². The van der Waals surface area contributed by atoms with Crippen LogP contribution in [0.3, 0.4) is 0 Å². The summed E-state index contributed by atoms with van der Waals surface area (Å²) in [6.07, 6.45) is 2.61. The van der Waals surface area contributed by atoms with Crippen molar-refractivity contribution in [3.05, 3.63) is 35.9 Å². The quantitative estimate of drug-likeness (QED) is 0.881. The Labute approximate surface area is 111 Å². The van der Waals surface area contributed by atoms with Crippen LogP contribution in [-0.2, 0) is 11.3 Å². The van der Waals surface area contributed by atoms with E-state index in [9.17, 15) is 0 Å². The summed E-state index contributed by atoms with van der Waals surface area (Å²) in [7, 11) is 0. The zero-order valence-corrected chi connectivity index (χ0v) is 11.8. The van der Waals surface area contributed by atoms with Crippen LogP contribution in [0.25, 0.3) is 0 Å². The monoisotopic (exact) mass is 247 g/mol. The number of ether oxygens (including phenoxy) is 1. The standard InChI is InChI=1S/C16H25NO/c1-16(2,3)14-9-10-15(17-11-14)18-12-13-7-5-4-6-8-13/h4-8,14-15,17H,9-12H2,1-3H3. The fraction of sp³-hybridized carbons (Fsp3) is 0.625. The number of hydrogen-bond acceptors (Lipinski definition) is 2. The molecule has 2 atom stereocenters. The summed E-state index contributed by atoms with van der Waals surface area (Å²) in [5.41, 5.74) is 1.65. The van der Waals surface area contributed by atoms with Crippen molar-refractivity contribution in [2.24, 2.45) is 11.3 Å². The molecule has 100 valence electrons. The van der Waals surface area contributed by atoms with Gasteiger partial charge in [-0.1, -0.05) is 51.1 Å². The molecule has 18 heavy (non-hydrogen) atoms. The predicted molar refractivity (Wildman–Crippen MR) is 75.2 cm³/mol. The van der Waals surface area contributed by atoms with Crippen LogP contribution >= 0.6 is 0 Å². The smallest absolute Gasteiger partial charge is 0.108 e. The van der Waals surface area contributed by atoms with Crippen molar-refractivity contribution in [2.45, 2.75) is 46.4 Å². The topological polar surface area (TPSA) is 21.3 Å². The molecular formula is C16H25NO. The highest BCUT2D eigenvalue weighted by molar-refractivity contribution is 5.13. The van der Waals surface area contributed by atoms with Crippen LogP contribution < -0.4 is 5.32 Å². The Morgan fingerprint density at radius 1 is 1.17 bits per heavy atom. The van der Waals surface area contributed by atoms with Gasteiger partial charge in [-0.05, 0) is 29.7 Å². The van der Waals surface area contributed by atoms with Crippen LogP contribution in [0, 0.1) is 11.3 Å². The normalized spacial score (nSPS) is 25.1. The van der Waals surface area contributed by atoms with E-state index in [4.69, 9.17) is 4.74 Å². The molecule has 1 heterocycles. The number of piperidine rings is 1. The van der Waals surface area contributed by atoms with Gasteiger partial charge in [0.1, 0.15) is 6.23 Å². The van der Waals surface area contributed by atoms with E-state index in [0.29, 0.717) is 12.0 Å². The molecule has 0 radical (unpaired) electrons. The molecule has 2 unspecified atom stereocenters. The third kappa shape index (κ3) is 3.82. The lowest BCUT2D eigenvalue weighted by molar-refractivity contribution is -0.0194. The molecule has 1 saturated heterocycles. The number of hydrogen-bond donors (Lipinski definition) is 1. The summed E-state index contributed by atoms with van der Waals surface area (Å²) in [4.78, 5) is 0. The molecule has 1 aromatic carbocycles. The second-order valence-electron chi connectivity index (χ2n) is 6.33. The number of nitrogens with one attached hydrogen (secondary N) is 1. The molecule has 2 rings (SSSR count). The lowest BCUT2D eigenvalue weighted by atomic mass is 9.76. The highest BCUT2D eigenvalue weighted by Gasteiger charge is 2.29. The van der Waals surface area contributed by atoms with Gasteiger partial charge in [0, 0.05) is 6.54 Å². The van der Waals surface area contributed by atoms with Crippen LogP contribution in [0.15, 0.2) is 30.3 Å². The maximum Gasteiger partial charge on any atom is 0.108 e. The molecule has 1 aromatic rings. The molecule has 2 nitrogen and oxygen atoms in total. The first-order valence-corrected chi connectivity index (χ1v) is 6.94.